The normalized spacial score (nSPS) is 11.0. The van der Waals surface area contributed by atoms with Gasteiger partial charge in [-0.15, -0.1) is 0 Å². The number of carbonyl (C=O) groups excluding carboxylic acids is 2. The average Bonchev–Trinajstić information content (AvgIpc) is 2.83. The summed E-state index contributed by atoms with van der Waals surface area (Å²) in [5.74, 6) is -0.412. The molecule has 202 valence electrons. The second kappa shape index (κ2) is 28.2. The molecule has 0 N–H and O–H groups in total. The molecule has 0 saturated carbocycles. The van der Waals surface area contributed by atoms with Gasteiger partial charge in [0.05, 0.1) is 13.2 Å². The Morgan fingerprint density at radius 1 is 0.382 bits per heavy atom. The molecular weight excluding hydrogens is 424 g/mol. The fourth-order valence-corrected chi connectivity index (χ4v) is 4.28. The molecule has 4 nitrogen and oxygen atoms in total. The maximum Gasteiger partial charge on any atom is 0.305 e. The summed E-state index contributed by atoms with van der Waals surface area (Å²) in [7, 11) is 0. The van der Waals surface area contributed by atoms with Crippen LogP contribution >= 0.6 is 0 Å². The zero-order chi connectivity index (χ0) is 25.0. The third kappa shape index (κ3) is 27.2. The second-order valence-electron chi connectivity index (χ2n) is 10.0. The summed E-state index contributed by atoms with van der Waals surface area (Å²) >= 11 is 0. The van der Waals surface area contributed by atoms with E-state index in [2.05, 4.69) is 6.92 Å². The number of esters is 2. The molecule has 0 heterocycles. The van der Waals surface area contributed by atoms with Crippen molar-refractivity contribution in [2.45, 2.75) is 168 Å². The van der Waals surface area contributed by atoms with Gasteiger partial charge in [0, 0.05) is 12.8 Å². The molecule has 0 aromatic rings. The molecule has 4 heteroatoms. The van der Waals surface area contributed by atoms with E-state index in [1.54, 1.807) is 0 Å². The van der Waals surface area contributed by atoms with Gasteiger partial charge < -0.3 is 9.47 Å². The molecule has 0 aliphatic carbocycles. The quantitative estimate of drug-likeness (QED) is 0.0864. The Kier molecular flexibility index (Phi) is 27.3. The van der Waals surface area contributed by atoms with Crippen molar-refractivity contribution in [3.63, 3.8) is 0 Å². The van der Waals surface area contributed by atoms with Crippen molar-refractivity contribution in [1.82, 2.24) is 0 Å². The lowest BCUT2D eigenvalue weighted by Gasteiger charge is -2.06. The van der Waals surface area contributed by atoms with Crippen LogP contribution in [-0.2, 0) is 19.1 Å². The van der Waals surface area contributed by atoms with E-state index in [1.165, 1.54) is 116 Å². The van der Waals surface area contributed by atoms with Gasteiger partial charge >= 0.3 is 11.9 Å². The number of hydrogen-bond acceptors (Lipinski definition) is 4. The summed E-state index contributed by atoms with van der Waals surface area (Å²) in [6, 6.07) is 0. The van der Waals surface area contributed by atoms with Crippen LogP contribution in [0.1, 0.15) is 168 Å². The van der Waals surface area contributed by atoms with E-state index >= 15 is 0 Å². The predicted molar refractivity (Wildman–Crippen MR) is 144 cm³/mol. The van der Waals surface area contributed by atoms with Crippen molar-refractivity contribution in [3.05, 3.63) is 0 Å². The van der Waals surface area contributed by atoms with Crippen LogP contribution in [0.2, 0.25) is 0 Å². The minimum atomic E-state index is -0.219. The molecule has 0 spiro atoms. The van der Waals surface area contributed by atoms with Crippen LogP contribution in [0, 0.1) is 0 Å². The Hall–Kier alpha value is -1.06. The van der Waals surface area contributed by atoms with Crippen molar-refractivity contribution >= 4 is 11.9 Å². The molecule has 0 saturated heterocycles. The predicted octanol–water partition coefficient (Wildman–Crippen LogP) is 9.47. The van der Waals surface area contributed by atoms with Crippen LogP contribution in [0.5, 0.6) is 0 Å². The molecular formula is C30H58O4. The van der Waals surface area contributed by atoms with Gasteiger partial charge in [0.25, 0.3) is 0 Å². The Balaban J connectivity index is 3.16. The molecule has 0 radical (unpaired) electrons. The minimum absolute atomic E-state index is 0.193. The monoisotopic (exact) mass is 482 g/mol. The lowest BCUT2D eigenvalue weighted by atomic mass is 10.0. The van der Waals surface area contributed by atoms with E-state index in [1.807, 2.05) is 6.92 Å². The SMILES string of the molecule is CCCCCCCCCCCCCCCCCCCCCCOC(=O)CCCC(=O)OCCC. The first kappa shape index (κ1) is 32.9. The molecule has 0 amide bonds. The van der Waals surface area contributed by atoms with Gasteiger partial charge in [-0.25, -0.2) is 0 Å². The van der Waals surface area contributed by atoms with Crippen LogP contribution in [0.15, 0.2) is 0 Å². The van der Waals surface area contributed by atoms with Gasteiger partial charge in [-0.3, -0.25) is 9.59 Å². The standard InChI is InChI=1S/C30H58O4/c1-3-5-6-7-8-9-10-11-12-13-14-15-16-17-18-19-20-21-22-23-28-34-30(32)26-24-25-29(31)33-27-4-2/h3-28H2,1-2H3. The lowest BCUT2D eigenvalue weighted by molar-refractivity contribution is -0.145. The van der Waals surface area contributed by atoms with Crippen LogP contribution in [-0.4, -0.2) is 25.2 Å². The molecule has 0 unspecified atom stereocenters. The van der Waals surface area contributed by atoms with Gasteiger partial charge in [0.2, 0.25) is 0 Å². The van der Waals surface area contributed by atoms with Gasteiger partial charge in [0.1, 0.15) is 0 Å². The number of unbranched alkanes of at least 4 members (excludes halogenated alkanes) is 19. The summed E-state index contributed by atoms with van der Waals surface area (Å²) in [5, 5.41) is 0. The van der Waals surface area contributed by atoms with Crippen LogP contribution in [0.4, 0.5) is 0 Å². The van der Waals surface area contributed by atoms with Crippen molar-refractivity contribution in [2.24, 2.45) is 0 Å². The molecule has 34 heavy (non-hydrogen) atoms. The molecule has 0 aliphatic rings. The Morgan fingerprint density at radius 2 is 0.706 bits per heavy atom. The Bertz CT molecular complexity index is 436. The van der Waals surface area contributed by atoms with Crippen LogP contribution < -0.4 is 0 Å². The van der Waals surface area contributed by atoms with Gasteiger partial charge in [0.15, 0.2) is 0 Å². The molecule has 0 rings (SSSR count). The van der Waals surface area contributed by atoms with E-state index in [0.29, 0.717) is 32.5 Å². The van der Waals surface area contributed by atoms with Crippen molar-refractivity contribution in [2.75, 3.05) is 13.2 Å². The van der Waals surface area contributed by atoms with Gasteiger partial charge in [-0.05, 0) is 19.3 Å². The van der Waals surface area contributed by atoms with Crippen LogP contribution in [0.25, 0.3) is 0 Å². The molecule has 0 aliphatic heterocycles. The first-order valence-electron chi connectivity index (χ1n) is 15.0. The van der Waals surface area contributed by atoms with E-state index in [-0.39, 0.29) is 11.9 Å². The summed E-state index contributed by atoms with van der Waals surface area (Å²) in [5.41, 5.74) is 0. The summed E-state index contributed by atoms with van der Waals surface area (Å²) < 4.78 is 10.2. The Labute approximate surface area is 212 Å². The number of ether oxygens (including phenoxy) is 2. The minimum Gasteiger partial charge on any atom is -0.466 e. The molecule has 0 atom stereocenters. The first-order valence-corrected chi connectivity index (χ1v) is 15.0. The largest absolute Gasteiger partial charge is 0.466 e. The lowest BCUT2D eigenvalue weighted by Crippen LogP contribution is -2.09. The van der Waals surface area contributed by atoms with Crippen molar-refractivity contribution in [1.29, 1.82) is 0 Å². The number of carbonyl (C=O) groups is 2. The fraction of sp³-hybridized carbons (Fsp3) is 0.933. The first-order chi connectivity index (χ1) is 16.7. The van der Waals surface area contributed by atoms with Crippen molar-refractivity contribution in [3.8, 4) is 0 Å². The number of rotatable bonds is 27. The third-order valence-corrected chi connectivity index (χ3v) is 6.49. The Morgan fingerprint density at radius 3 is 1.06 bits per heavy atom. The average molecular weight is 483 g/mol. The topological polar surface area (TPSA) is 52.6 Å². The molecule has 0 bridgehead atoms. The highest BCUT2D eigenvalue weighted by Crippen LogP contribution is 2.15. The van der Waals surface area contributed by atoms with Gasteiger partial charge in [-0.2, -0.15) is 0 Å². The zero-order valence-corrected chi connectivity index (χ0v) is 23.0. The van der Waals surface area contributed by atoms with Crippen LogP contribution in [0.3, 0.4) is 0 Å². The van der Waals surface area contributed by atoms with E-state index in [4.69, 9.17) is 9.47 Å². The summed E-state index contributed by atoms with van der Waals surface area (Å²) in [4.78, 5) is 23.0. The molecule has 0 aromatic heterocycles. The highest BCUT2D eigenvalue weighted by Gasteiger charge is 2.07. The zero-order valence-electron chi connectivity index (χ0n) is 23.0. The highest BCUT2D eigenvalue weighted by molar-refractivity contribution is 5.72. The highest BCUT2D eigenvalue weighted by atomic mass is 16.5. The smallest absolute Gasteiger partial charge is 0.305 e. The van der Waals surface area contributed by atoms with Crippen molar-refractivity contribution < 1.29 is 19.1 Å². The number of hydrogen-bond donors (Lipinski definition) is 0. The van der Waals surface area contributed by atoms with Gasteiger partial charge in [-0.1, -0.05) is 136 Å². The maximum atomic E-state index is 11.7. The third-order valence-electron chi connectivity index (χ3n) is 6.49. The van der Waals surface area contributed by atoms with E-state index < -0.39 is 0 Å². The second-order valence-corrected chi connectivity index (χ2v) is 10.0. The van der Waals surface area contributed by atoms with E-state index in [0.717, 1.165) is 19.3 Å². The molecule has 0 aromatic carbocycles. The summed E-state index contributed by atoms with van der Waals surface area (Å²) in [6.45, 7) is 5.22. The van der Waals surface area contributed by atoms with E-state index in [9.17, 15) is 9.59 Å². The molecule has 0 fully saturated rings. The summed E-state index contributed by atoms with van der Waals surface area (Å²) in [6.07, 6.45) is 29.3. The maximum absolute atomic E-state index is 11.7. The fourth-order valence-electron chi connectivity index (χ4n) is 4.28.